The topological polar surface area (TPSA) is 53.4 Å². The van der Waals surface area contributed by atoms with E-state index in [0.29, 0.717) is 12.6 Å². The number of hydrogen-bond donors (Lipinski definition) is 1. The molecule has 2 fully saturated rings. The van der Waals surface area contributed by atoms with Crippen LogP contribution in [-0.2, 0) is 11.3 Å². The van der Waals surface area contributed by atoms with Crippen molar-refractivity contribution in [2.75, 3.05) is 39.3 Å². The van der Waals surface area contributed by atoms with Gasteiger partial charge in [-0.15, -0.1) is 0 Å². The Labute approximate surface area is 126 Å². The zero-order valence-corrected chi connectivity index (χ0v) is 12.8. The molecule has 0 spiro atoms. The second-order valence-electron chi connectivity index (χ2n) is 6.13. The van der Waals surface area contributed by atoms with Gasteiger partial charge in [-0.25, -0.2) is 4.98 Å². The number of carbonyl (C=O) groups excluding carboxylic acids is 1. The lowest BCUT2D eigenvalue weighted by atomic mass is 10.3. The van der Waals surface area contributed by atoms with Gasteiger partial charge in [0.05, 0.1) is 6.54 Å². The van der Waals surface area contributed by atoms with Gasteiger partial charge in [0.1, 0.15) is 5.82 Å². The van der Waals surface area contributed by atoms with Crippen LogP contribution in [0.4, 0.5) is 0 Å². The van der Waals surface area contributed by atoms with Gasteiger partial charge in [-0.2, -0.15) is 0 Å². The Bertz CT molecular complexity index is 474. The number of piperazine rings is 1. The van der Waals surface area contributed by atoms with Gasteiger partial charge in [-0.05, 0) is 19.8 Å². The van der Waals surface area contributed by atoms with Crippen molar-refractivity contribution in [3.8, 4) is 0 Å². The molecule has 0 aromatic carbocycles. The van der Waals surface area contributed by atoms with Gasteiger partial charge in [0, 0.05) is 57.7 Å². The molecule has 0 bridgehead atoms. The van der Waals surface area contributed by atoms with Crippen molar-refractivity contribution in [1.29, 1.82) is 0 Å². The molecule has 0 atom stereocenters. The molecule has 3 rings (SSSR count). The maximum Gasteiger partial charge on any atom is 0.234 e. The van der Waals surface area contributed by atoms with Crippen LogP contribution in [0.3, 0.4) is 0 Å². The Morgan fingerprint density at radius 2 is 1.95 bits per heavy atom. The molecule has 1 aliphatic heterocycles. The summed E-state index contributed by atoms with van der Waals surface area (Å²) in [5, 5.41) is 3.06. The summed E-state index contributed by atoms with van der Waals surface area (Å²) in [6, 6.07) is 0.470. The van der Waals surface area contributed by atoms with Crippen molar-refractivity contribution in [2.45, 2.75) is 32.4 Å². The molecule has 0 radical (unpaired) electrons. The Kier molecular flexibility index (Phi) is 4.55. The molecule has 2 heterocycles. The first-order valence-corrected chi connectivity index (χ1v) is 7.92. The minimum absolute atomic E-state index is 0.194. The van der Waals surface area contributed by atoms with E-state index in [4.69, 9.17) is 0 Å². The van der Waals surface area contributed by atoms with Crippen molar-refractivity contribution in [3.05, 3.63) is 18.2 Å². The highest BCUT2D eigenvalue weighted by atomic mass is 16.2. The molecule has 1 saturated heterocycles. The van der Waals surface area contributed by atoms with Crippen LogP contribution in [0.1, 0.15) is 18.7 Å². The molecular weight excluding hydrogens is 266 g/mol. The number of carbonyl (C=O) groups is 1. The summed E-state index contributed by atoms with van der Waals surface area (Å²) in [6.07, 6.45) is 6.21. The van der Waals surface area contributed by atoms with Crippen molar-refractivity contribution in [3.63, 3.8) is 0 Å². The van der Waals surface area contributed by atoms with Crippen molar-refractivity contribution in [1.82, 2.24) is 24.7 Å². The molecule has 6 heteroatoms. The Hall–Kier alpha value is -1.40. The maximum atomic E-state index is 11.8. The fourth-order valence-corrected chi connectivity index (χ4v) is 2.76. The number of nitrogens with one attached hydrogen (secondary N) is 1. The first-order chi connectivity index (χ1) is 10.2. The van der Waals surface area contributed by atoms with Crippen LogP contribution in [0.25, 0.3) is 0 Å². The summed E-state index contributed by atoms with van der Waals surface area (Å²) in [6.45, 7) is 8.71. The zero-order chi connectivity index (χ0) is 14.7. The number of nitrogens with zero attached hydrogens (tertiary/aromatic N) is 4. The monoisotopic (exact) mass is 291 g/mol. The van der Waals surface area contributed by atoms with Gasteiger partial charge in [0.25, 0.3) is 0 Å². The predicted octanol–water partition coefficient (Wildman–Crippen LogP) is 0.0877. The van der Waals surface area contributed by atoms with Crippen LogP contribution in [0.5, 0.6) is 0 Å². The highest BCUT2D eigenvalue weighted by Gasteiger charge is 2.25. The van der Waals surface area contributed by atoms with E-state index in [1.807, 2.05) is 19.3 Å². The minimum atomic E-state index is 0.194. The number of amides is 1. The fraction of sp³-hybridized carbons (Fsp3) is 0.733. The van der Waals surface area contributed by atoms with Gasteiger partial charge in [0.2, 0.25) is 5.91 Å². The Balaban J connectivity index is 1.34. The molecule has 116 valence electrons. The van der Waals surface area contributed by atoms with Gasteiger partial charge in [-0.1, -0.05) is 0 Å². The number of aryl methyl sites for hydroxylation is 1. The van der Waals surface area contributed by atoms with Crippen LogP contribution in [0.15, 0.2) is 12.4 Å². The summed E-state index contributed by atoms with van der Waals surface area (Å²) in [5.41, 5.74) is 0. The van der Waals surface area contributed by atoms with E-state index in [1.54, 1.807) is 0 Å². The summed E-state index contributed by atoms with van der Waals surface area (Å²) in [4.78, 5) is 20.8. The van der Waals surface area contributed by atoms with Crippen molar-refractivity contribution < 1.29 is 4.79 Å². The third-order valence-corrected chi connectivity index (χ3v) is 4.36. The highest BCUT2D eigenvalue weighted by Crippen LogP contribution is 2.18. The lowest BCUT2D eigenvalue weighted by Crippen LogP contribution is -2.50. The summed E-state index contributed by atoms with van der Waals surface area (Å²) in [7, 11) is 0. The van der Waals surface area contributed by atoms with Crippen LogP contribution in [0.2, 0.25) is 0 Å². The van der Waals surface area contributed by atoms with E-state index in [2.05, 4.69) is 24.7 Å². The van der Waals surface area contributed by atoms with Crippen LogP contribution >= 0.6 is 0 Å². The molecule has 1 saturated carbocycles. The SMILES string of the molecule is Cc1nccn1CCN1CCN(CC(=O)NC2CC2)CC1. The van der Waals surface area contributed by atoms with E-state index in [9.17, 15) is 4.79 Å². The third-order valence-electron chi connectivity index (χ3n) is 4.36. The van der Waals surface area contributed by atoms with E-state index in [0.717, 1.165) is 57.9 Å². The van der Waals surface area contributed by atoms with Gasteiger partial charge < -0.3 is 9.88 Å². The molecule has 1 amide bonds. The normalized spacial score (nSPS) is 20.6. The number of imidazole rings is 1. The highest BCUT2D eigenvalue weighted by molar-refractivity contribution is 5.78. The molecule has 1 aliphatic carbocycles. The molecule has 6 nitrogen and oxygen atoms in total. The van der Waals surface area contributed by atoms with E-state index >= 15 is 0 Å². The number of aromatic nitrogens is 2. The first kappa shape index (κ1) is 14.5. The van der Waals surface area contributed by atoms with E-state index in [1.165, 1.54) is 0 Å². The standard InChI is InChI=1S/C15H25N5O/c1-13-16-4-5-20(13)11-10-18-6-8-19(9-7-18)12-15(21)17-14-2-3-14/h4-5,14H,2-3,6-12H2,1H3,(H,17,21). The van der Waals surface area contributed by atoms with Gasteiger partial charge in [-0.3, -0.25) is 14.6 Å². The largest absolute Gasteiger partial charge is 0.352 e. The average Bonchev–Trinajstić information content (AvgIpc) is 3.18. The lowest BCUT2D eigenvalue weighted by Gasteiger charge is -2.34. The van der Waals surface area contributed by atoms with Crippen LogP contribution < -0.4 is 5.32 Å². The van der Waals surface area contributed by atoms with Crippen molar-refractivity contribution in [2.24, 2.45) is 0 Å². The van der Waals surface area contributed by atoms with Gasteiger partial charge in [0.15, 0.2) is 0 Å². The molecule has 2 aliphatic rings. The second-order valence-corrected chi connectivity index (χ2v) is 6.13. The summed E-state index contributed by atoms with van der Waals surface area (Å²) in [5.74, 6) is 1.27. The molecule has 1 aromatic rings. The van der Waals surface area contributed by atoms with Crippen molar-refractivity contribution >= 4 is 5.91 Å². The van der Waals surface area contributed by atoms with Crippen LogP contribution in [-0.4, -0.2) is 70.6 Å². The third kappa shape index (κ3) is 4.28. The summed E-state index contributed by atoms with van der Waals surface area (Å²) < 4.78 is 2.19. The average molecular weight is 291 g/mol. The fourth-order valence-electron chi connectivity index (χ4n) is 2.76. The smallest absolute Gasteiger partial charge is 0.234 e. The van der Waals surface area contributed by atoms with Crippen LogP contribution in [0, 0.1) is 6.92 Å². The lowest BCUT2D eigenvalue weighted by molar-refractivity contribution is -0.122. The minimum Gasteiger partial charge on any atom is -0.352 e. The predicted molar refractivity (Wildman–Crippen MR) is 81.0 cm³/mol. The second kappa shape index (κ2) is 6.58. The molecule has 1 aromatic heterocycles. The Morgan fingerprint density at radius 3 is 2.57 bits per heavy atom. The molecule has 1 N–H and O–H groups in total. The van der Waals surface area contributed by atoms with E-state index in [-0.39, 0.29) is 5.91 Å². The Morgan fingerprint density at radius 1 is 1.24 bits per heavy atom. The van der Waals surface area contributed by atoms with E-state index < -0.39 is 0 Å². The molecule has 0 unspecified atom stereocenters. The molecular formula is C15H25N5O. The number of rotatable bonds is 6. The first-order valence-electron chi connectivity index (χ1n) is 7.92. The quantitative estimate of drug-likeness (QED) is 0.807. The molecule has 21 heavy (non-hydrogen) atoms. The number of hydrogen-bond acceptors (Lipinski definition) is 4. The van der Waals surface area contributed by atoms with Gasteiger partial charge >= 0.3 is 0 Å². The summed E-state index contributed by atoms with van der Waals surface area (Å²) >= 11 is 0. The maximum absolute atomic E-state index is 11.8. The zero-order valence-electron chi connectivity index (χ0n) is 12.8.